The second-order valence-corrected chi connectivity index (χ2v) is 10.4. The Labute approximate surface area is 95.5 Å². The molecule has 0 saturated heterocycles. The van der Waals surface area contributed by atoms with Crippen molar-refractivity contribution in [2.24, 2.45) is 0 Å². The van der Waals surface area contributed by atoms with E-state index in [-0.39, 0.29) is 11.1 Å². The van der Waals surface area contributed by atoms with Crippen LogP contribution >= 0.6 is 0 Å². The Morgan fingerprint density at radius 2 is 1.87 bits per heavy atom. The molecule has 0 unspecified atom stereocenters. The molecule has 0 spiro atoms. The molecule has 3 heteroatoms. The number of carbonyl (C=O) groups is 1. The summed E-state index contributed by atoms with van der Waals surface area (Å²) in [6.07, 6.45) is 3.73. The topological polar surface area (TPSA) is 26.3 Å². The summed E-state index contributed by atoms with van der Waals surface area (Å²) in [5.41, 5.74) is 0. The van der Waals surface area contributed by atoms with Gasteiger partial charge in [0.25, 0.3) is 0 Å². The third kappa shape index (κ3) is 4.93. The molecule has 0 aromatic carbocycles. The second kappa shape index (κ2) is 5.80. The van der Waals surface area contributed by atoms with Gasteiger partial charge in [-0.05, 0) is 31.0 Å². The van der Waals surface area contributed by atoms with E-state index in [4.69, 9.17) is 4.43 Å². The van der Waals surface area contributed by atoms with Crippen LogP contribution in [0.5, 0.6) is 0 Å². The van der Waals surface area contributed by atoms with Crippen molar-refractivity contribution in [1.82, 2.24) is 0 Å². The van der Waals surface area contributed by atoms with Gasteiger partial charge in [-0.15, -0.1) is 0 Å². The van der Waals surface area contributed by atoms with Gasteiger partial charge in [0.05, 0.1) is 0 Å². The molecule has 0 radical (unpaired) electrons. The Morgan fingerprint density at radius 3 is 2.20 bits per heavy atom. The predicted octanol–water partition coefficient (Wildman–Crippen LogP) is 3.77. The summed E-state index contributed by atoms with van der Waals surface area (Å²) in [6.45, 7) is 13.4. The zero-order valence-electron chi connectivity index (χ0n) is 11.1. The van der Waals surface area contributed by atoms with Crippen LogP contribution in [0.1, 0.15) is 47.0 Å². The molecular weight excluding hydrogens is 204 g/mol. The fourth-order valence-electron chi connectivity index (χ4n) is 1.19. The molecule has 0 aliphatic heterocycles. The molecule has 0 heterocycles. The normalized spacial score (nSPS) is 15.1. The Hall–Kier alpha value is -0.153. The standard InChI is InChI=1S/C12H26O2Si/c1-7-11(9-8-10-13)14-15(5,6)12(2,3)4/h10-11H,7-9H2,1-6H3/t11-/m1/s1. The highest BCUT2D eigenvalue weighted by Gasteiger charge is 2.38. The first-order valence-electron chi connectivity index (χ1n) is 5.86. The first-order valence-corrected chi connectivity index (χ1v) is 8.77. The molecule has 0 amide bonds. The Bertz CT molecular complexity index is 194. The molecule has 1 atom stereocenters. The van der Waals surface area contributed by atoms with Gasteiger partial charge in [0.2, 0.25) is 0 Å². The molecule has 0 aliphatic rings. The third-order valence-electron chi connectivity index (χ3n) is 3.33. The highest BCUT2D eigenvalue weighted by atomic mass is 28.4. The van der Waals surface area contributed by atoms with E-state index in [1.165, 1.54) is 0 Å². The van der Waals surface area contributed by atoms with Crippen LogP contribution in [0.2, 0.25) is 18.1 Å². The van der Waals surface area contributed by atoms with Crippen LogP contribution in [0.25, 0.3) is 0 Å². The zero-order chi connectivity index (χ0) is 12.1. The molecule has 0 rings (SSSR count). The van der Waals surface area contributed by atoms with Crippen LogP contribution in [0.3, 0.4) is 0 Å². The summed E-state index contributed by atoms with van der Waals surface area (Å²) >= 11 is 0. The number of rotatable bonds is 6. The summed E-state index contributed by atoms with van der Waals surface area (Å²) in [4.78, 5) is 10.3. The summed E-state index contributed by atoms with van der Waals surface area (Å²) in [5, 5.41) is 0.252. The maximum Gasteiger partial charge on any atom is 0.192 e. The maximum atomic E-state index is 10.3. The molecule has 0 aromatic heterocycles. The quantitative estimate of drug-likeness (QED) is 0.513. The monoisotopic (exact) mass is 230 g/mol. The number of hydrogen-bond acceptors (Lipinski definition) is 2. The summed E-state index contributed by atoms with van der Waals surface area (Å²) in [6, 6.07) is 0. The zero-order valence-corrected chi connectivity index (χ0v) is 12.1. The average molecular weight is 230 g/mol. The lowest BCUT2D eigenvalue weighted by Gasteiger charge is -2.39. The minimum atomic E-state index is -1.65. The van der Waals surface area contributed by atoms with Crippen molar-refractivity contribution in [3.63, 3.8) is 0 Å². The number of hydrogen-bond donors (Lipinski definition) is 0. The summed E-state index contributed by atoms with van der Waals surface area (Å²) in [5.74, 6) is 0. The van der Waals surface area contributed by atoms with Crippen molar-refractivity contribution in [1.29, 1.82) is 0 Å². The molecule has 0 fully saturated rings. The lowest BCUT2D eigenvalue weighted by molar-refractivity contribution is -0.108. The van der Waals surface area contributed by atoms with Crippen molar-refractivity contribution in [3.05, 3.63) is 0 Å². The minimum Gasteiger partial charge on any atom is -0.414 e. The molecule has 0 bridgehead atoms. The molecule has 0 aromatic rings. The van der Waals surface area contributed by atoms with Gasteiger partial charge >= 0.3 is 0 Å². The van der Waals surface area contributed by atoms with Gasteiger partial charge in [-0.3, -0.25) is 0 Å². The second-order valence-electron chi connectivity index (χ2n) is 5.65. The number of carbonyl (C=O) groups excluding carboxylic acids is 1. The summed E-state index contributed by atoms with van der Waals surface area (Å²) < 4.78 is 6.23. The highest BCUT2D eigenvalue weighted by molar-refractivity contribution is 6.74. The van der Waals surface area contributed by atoms with Crippen molar-refractivity contribution < 1.29 is 9.22 Å². The lowest BCUT2D eigenvalue weighted by atomic mass is 10.2. The van der Waals surface area contributed by atoms with E-state index in [1.807, 2.05) is 0 Å². The molecule has 90 valence electrons. The van der Waals surface area contributed by atoms with Crippen LogP contribution in [0.15, 0.2) is 0 Å². The van der Waals surface area contributed by atoms with E-state index in [0.29, 0.717) is 6.42 Å². The van der Waals surface area contributed by atoms with Gasteiger partial charge in [-0.2, -0.15) is 0 Å². The fraction of sp³-hybridized carbons (Fsp3) is 0.917. The Kier molecular flexibility index (Phi) is 5.74. The van der Waals surface area contributed by atoms with E-state index >= 15 is 0 Å². The van der Waals surface area contributed by atoms with E-state index in [9.17, 15) is 4.79 Å². The van der Waals surface area contributed by atoms with Crippen LogP contribution in [0.4, 0.5) is 0 Å². The minimum absolute atomic E-state index is 0.252. The smallest absolute Gasteiger partial charge is 0.192 e. The lowest BCUT2D eigenvalue weighted by Crippen LogP contribution is -2.43. The van der Waals surface area contributed by atoms with Crippen LogP contribution < -0.4 is 0 Å². The molecule has 0 saturated carbocycles. The maximum absolute atomic E-state index is 10.3. The van der Waals surface area contributed by atoms with Crippen molar-refractivity contribution in [2.45, 2.75) is 71.2 Å². The molecule has 15 heavy (non-hydrogen) atoms. The van der Waals surface area contributed by atoms with Crippen LogP contribution in [0, 0.1) is 0 Å². The molecule has 2 nitrogen and oxygen atoms in total. The Morgan fingerprint density at radius 1 is 1.33 bits per heavy atom. The molecule has 0 N–H and O–H groups in total. The van der Waals surface area contributed by atoms with Crippen molar-refractivity contribution in [2.75, 3.05) is 0 Å². The van der Waals surface area contributed by atoms with E-state index in [0.717, 1.165) is 19.1 Å². The summed E-state index contributed by atoms with van der Waals surface area (Å²) in [7, 11) is -1.65. The van der Waals surface area contributed by atoms with E-state index < -0.39 is 8.32 Å². The SMILES string of the molecule is CC[C@H](CCC=O)O[Si](C)(C)C(C)(C)C. The predicted molar refractivity (Wildman–Crippen MR) is 67.7 cm³/mol. The molecular formula is C12H26O2Si. The van der Waals surface area contributed by atoms with Gasteiger partial charge in [0.15, 0.2) is 8.32 Å². The largest absolute Gasteiger partial charge is 0.414 e. The van der Waals surface area contributed by atoms with Gasteiger partial charge in [-0.1, -0.05) is 27.7 Å². The van der Waals surface area contributed by atoms with Crippen LogP contribution in [-0.4, -0.2) is 20.7 Å². The average Bonchev–Trinajstić information content (AvgIpc) is 2.10. The van der Waals surface area contributed by atoms with Gasteiger partial charge < -0.3 is 9.22 Å². The number of aldehydes is 1. The van der Waals surface area contributed by atoms with E-state index in [2.05, 4.69) is 40.8 Å². The Balaban J connectivity index is 4.33. The van der Waals surface area contributed by atoms with Gasteiger partial charge in [0, 0.05) is 12.5 Å². The van der Waals surface area contributed by atoms with Gasteiger partial charge in [-0.25, -0.2) is 0 Å². The van der Waals surface area contributed by atoms with Gasteiger partial charge in [0.1, 0.15) is 6.29 Å². The first-order chi connectivity index (χ1) is 6.74. The van der Waals surface area contributed by atoms with Crippen molar-refractivity contribution in [3.8, 4) is 0 Å². The highest BCUT2D eigenvalue weighted by Crippen LogP contribution is 2.37. The molecule has 0 aliphatic carbocycles. The van der Waals surface area contributed by atoms with Crippen LogP contribution in [-0.2, 0) is 9.22 Å². The third-order valence-corrected chi connectivity index (χ3v) is 7.86. The first kappa shape index (κ1) is 14.8. The fourth-order valence-corrected chi connectivity index (χ4v) is 2.67. The van der Waals surface area contributed by atoms with E-state index in [1.54, 1.807) is 0 Å². The van der Waals surface area contributed by atoms with Crippen molar-refractivity contribution >= 4 is 14.6 Å².